The molecule has 7 heteroatoms. The predicted molar refractivity (Wildman–Crippen MR) is 87.7 cm³/mol. The second-order valence-electron chi connectivity index (χ2n) is 5.03. The maximum absolute atomic E-state index is 12.3. The van der Waals surface area contributed by atoms with Crippen LogP contribution in [0.15, 0.2) is 24.4 Å². The molecule has 1 heterocycles. The van der Waals surface area contributed by atoms with Crippen LogP contribution in [0.2, 0.25) is 5.02 Å². The molecule has 2 rings (SSSR count). The van der Waals surface area contributed by atoms with Crippen molar-refractivity contribution in [2.45, 2.75) is 19.9 Å². The highest BCUT2D eigenvalue weighted by molar-refractivity contribution is 6.31. The molecule has 0 radical (unpaired) electrons. The molecular weight excluding hydrogens is 304 g/mol. The van der Waals surface area contributed by atoms with Crippen molar-refractivity contribution in [2.24, 2.45) is 7.05 Å². The number of hydrogen-bond donors (Lipinski definition) is 2. The Labute approximate surface area is 134 Å². The zero-order valence-corrected chi connectivity index (χ0v) is 13.7. The molecule has 118 valence electrons. The molecular formula is C15H19ClN4O2. The number of amides is 1. The van der Waals surface area contributed by atoms with Crippen molar-refractivity contribution in [1.82, 2.24) is 9.78 Å². The average molecular weight is 323 g/mol. The van der Waals surface area contributed by atoms with E-state index < -0.39 is 6.04 Å². The minimum atomic E-state index is -0.449. The van der Waals surface area contributed by atoms with Gasteiger partial charge in [0, 0.05) is 30.4 Å². The molecule has 2 N–H and O–H groups in total. The molecule has 0 aliphatic rings. The van der Waals surface area contributed by atoms with Gasteiger partial charge in [0.05, 0.1) is 12.8 Å². The minimum Gasteiger partial charge on any atom is -0.495 e. The lowest BCUT2D eigenvalue weighted by atomic mass is 10.2. The Kier molecular flexibility index (Phi) is 4.92. The van der Waals surface area contributed by atoms with Crippen LogP contribution >= 0.6 is 11.6 Å². The predicted octanol–water partition coefficient (Wildman–Crippen LogP) is 2.83. The number of nitrogens with one attached hydrogen (secondary N) is 2. The summed E-state index contributed by atoms with van der Waals surface area (Å²) in [7, 11) is 3.35. The van der Waals surface area contributed by atoms with Crippen LogP contribution in [-0.2, 0) is 11.8 Å². The van der Waals surface area contributed by atoms with E-state index in [-0.39, 0.29) is 5.91 Å². The Bertz CT molecular complexity index is 684. The Morgan fingerprint density at radius 1 is 1.45 bits per heavy atom. The van der Waals surface area contributed by atoms with Crippen molar-refractivity contribution >= 4 is 29.0 Å². The van der Waals surface area contributed by atoms with E-state index in [4.69, 9.17) is 16.3 Å². The van der Waals surface area contributed by atoms with Gasteiger partial charge in [0.2, 0.25) is 5.91 Å². The number of halogens is 1. The summed E-state index contributed by atoms with van der Waals surface area (Å²) < 4.78 is 6.91. The summed E-state index contributed by atoms with van der Waals surface area (Å²) in [6.45, 7) is 3.63. The number of rotatable bonds is 5. The lowest BCUT2D eigenvalue weighted by molar-refractivity contribution is -0.116. The SMILES string of the molecule is COc1cc(Cl)c(C)cc1NC(=O)C(C)Nc1ccn(C)n1. The van der Waals surface area contributed by atoms with Crippen molar-refractivity contribution in [3.05, 3.63) is 35.0 Å². The summed E-state index contributed by atoms with van der Waals surface area (Å²) in [5.74, 6) is 0.976. The van der Waals surface area contributed by atoms with E-state index in [9.17, 15) is 4.79 Å². The molecule has 1 amide bonds. The monoisotopic (exact) mass is 322 g/mol. The first-order valence-electron chi connectivity index (χ1n) is 6.82. The van der Waals surface area contributed by atoms with Crippen molar-refractivity contribution in [3.8, 4) is 5.75 Å². The van der Waals surface area contributed by atoms with Crippen molar-refractivity contribution < 1.29 is 9.53 Å². The van der Waals surface area contributed by atoms with Crippen LogP contribution in [0.1, 0.15) is 12.5 Å². The average Bonchev–Trinajstić information content (AvgIpc) is 2.87. The third kappa shape index (κ3) is 3.71. The van der Waals surface area contributed by atoms with E-state index in [0.29, 0.717) is 22.3 Å². The fourth-order valence-corrected chi connectivity index (χ4v) is 2.10. The van der Waals surface area contributed by atoms with Crippen molar-refractivity contribution in [2.75, 3.05) is 17.7 Å². The normalized spacial score (nSPS) is 11.9. The molecule has 1 aromatic carbocycles. The molecule has 0 saturated carbocycles. The standard InChI is InChI=1S/C15H19ClN4O2/c1-9-7-12(13(22-4)8-11(9)16)18-15(21)10(2)17-14-5-6-20(3)19-14/h5-8,10H,1-4H3,(H,17,19)(H,18,21). The smallest absolute Gasteiger partial charge is 0.246 e. The van der Waals surface area contributed by atoms with Gasteiger partial charge in [-0.3, -0.25) is 9.48 Å². The number of carbonyl (C=O) groups is 1. The highest BCUT2D eigenvalue weighted by atomic mass is 35.5. The molecule has 0 spiro atoms. The number of aromatic nitrogens is 2. The topological polar surface area (TPSA) is 68.2 Å². The van der Waals surface area contributed by atoms with Gasteiger partial charge in [0.1, 0.15) is 17.6 Å². The van der Waals surface area contributed by atoms with Crippen LogP contribution in [0.3, 0.4) is 0 Å². The fraction of sp³-hybridized carbons (Fsp3) is 0.333. The first-order chi connectivity index (χ1) is 10.4. The quantitative estimate of drug-likeness (QED) is 0.888. The summed E-state index contributed by atoms with van der Waals surface area (Å²) in [6.07, 6.45) is 1.80. The highest BCUT2D eigenvalue weighted by Gasteiger charge is 2.16. The summed E-state index contributed by atoms with van der Waals surface area (Å²) in [4.78, 5) is 12.3. The third-order valence-corrected chi connectivity index (χ3v) is 3.62. The number of benzene rings is 1. The Morgan fingerprint density at radius 3 is 2.77 bits per heavy atom. The van der Waals surface area contributed by atoms with Gasteiger partial charge in [-0.1, -0.05) is 11.6 Å². The number of nitrogens with zero attached hydrogens (tertiary/aromatic N) is 2. The first kappa shape index (κ1) is 16.2. The molecule has 0 bridgehead atoms. The number of anilines is 2. The molecule has 0 fully saturated rings. The molecule has 0 aliphatic carbocycles. The van der Waals surface area contributed by atoms with E-state index >= 15 is 0 Å². The third-order valence-electron chi connectivity index (χ3n) is 3.21. The second-order valence-corrected chi connectivity index (χ2v) is 5.44. The summed E-state index contributed by atoms with van der Waals surface area (Å²) in [5.41, 5.74) is 1.45. The zero-order chi connectivity index (χ0) is 16.3. The molecule has 0 saturated heterocycles. The molecule has 1 atom stereocenters. The van der Waals surface area contributed by atoms with Gasteiger partial charge in [-0.15, -0.1) is 0 Å². The molecule has 22 heavy (non-hydrogen) atoms. The van der Waals surface area contributed by atoms with E-state index in [1.54, 1.807) is 36.0 Å². The summed E-state index contributed by atoms with van der Waals surface area (Å²) >= 11 is 6.06. The van der Waals surface area contributed by atoms with Gasteiger partial charge in [-0.2, -0.15) is 5.10 Å². The van der Waals surface area contributed by atoms with Crippen LogP contribution in [0.5, 0.6) is 5.75 Å². The molecule has 1 aromatic heterocycles. The molecule has 2 aromatic rings. The Morgan fingerprint density at radius 2 is 2.18 bits per heavy atom. The maximum Gasteiger partial charge on any atom is 0.246 e. The fourth-order valence-electron chi connectivity index (χ4n) is 1.95. The van der Waals surface area contributed by atoms with Crippen LogP contribution < -0.4 is 15.4 Å². The zero-order valence-electron chi connectivity index (χ0n) is 13.0. The van der Waals surface area contributed by atoms with E-state index in [2.05, 4.69) is 15.7 Å². The van der Waals surface area contributed by atoms with Crippen LogP contribution in [-0.4, -0.2) is 28.8 Å². The van der Waals surface area contributed by atoms with Crippen molar-refractivity contribution in [3.63, 3.8) is 0 Å². The van der Waals surface area contributed by atoms with E-state index in [0.717, 1.165) is 5.56 Å². The van der Waals surface area contributed by atoms with Gasteiger partial charge < -0.3 is 15.4 Å². The first-order valence-corrected chi connectivity index (χ1v) is 7.19. The number of methoxy groups -OCH3 is 1. The summed E-state index contributed by atoms with van der Waals surface area (Å²) in [6, 6.07) is 4.82. The van der Waals surface area contributed by atoms with E-state index in [1.165, 1.54) is 7.11 Å². The van der Waals surface area contributed by atoms with Crippen LogP contribution in [0.4, 0.5) is 11.5 Å². The van der Waals surface area contributed by atoms with Crippen LogP contribution in [0.25, 0.3) is 0 Å². The second kappa shape index (κ2) is 6.70. The van der Waals surface area contributed by atoms with Gasteiger partial charge in [0.25, 0.3) is 0 Å². The minimum absolute atomic E-state index is 0.189. The van der Waals surface area contributed by atoms with Crippen molar-refractivity contribution in [1.29, 1.82) is 0 Å². The van der Waals surface area contributed by atoms with E-state index in [1.807, 2.05) is 14.0 Å². The van der Waals surface area contributed by atoms with Gasteiger partial charge in [-0.05, 0) is 25.5 Å². The van der Waals surface area contributed by atoms with Gasteiger partial charge in [-0.25, -0.2) is 0 Å². The Balaban J connectivity index is 2.09. The Hall–Kier alpha value is -2.21. The number of carbonyl (C=O) groups excluding carboxylic acids is 1. The number of hydrogen-bond acceptors (Lipinski definition) is 4. The largest absolute Gasteiger partial charge is 0.495 e. The van der Waals surface area contributed by atoms with Gasteiger partial charge >= 0.3 is 0 Å². The summed E-state index contributed by atoms with van der Waals surface area (Å²) in [5, 5.41) is 10.6. The lowest BCUT2D eigenvalue weighted by Crippen LogP contribution is -2.32. The lowest BCUT2D eigenvalue weighted by Gasteiger charge is -2.16. The molecule has 6 nitrogen and oxygen atoms in total. The van der Waals surface area contributed by atoms with Gasteiger partial charge in [0.15, 0.2) is 0 Å². The molecule has 0 aliphatic heterocycles. The number of aryl methyl sites for hydroxylation is 2. The number of ether oxygens (including phenoxy) is 1. The molecule has 1 unspecified atom stereocenters. The maximum atomic E-state index is 12.3. The highest BCUT2D eigenvalue weighted by Crippen LogP contribution is 2.31. The van der Waals surface area contributed by atoms with Crippen LogP contribution in [0, 0.1) is 6.92 Å².